The lowest BCUT2D eigenvalue weighted by atomic mass is 10.2. The summed E-state index contributed by atoms with van der Waals surface area (Å²) in [6.45, 7) is 7.40. The second-order valence-corrected chi connectivity index (χ2v) is 7.98. The summed E-state index contributed by atoms with van der Waals surface area (Å²) in [6, 6.07) is 4.92. The Morgan fingerprint density at radius 1 is 1.23 bits per heavy atom. The molecule has 22 heavy (non-hydrogen) atoms. The highest BCUT2D eigenvalue weighted by molar-refractivity contribution is 7.89. The number of hydrogen-bond acceptors (Lipinski definition) is 4. The molecule has 0 spiro atoms. The molecule has 0 bridgehead atoms. The van der Waals surface area contributed by atoms with E-state index in [2.05, 4.69) is 21.6 Å². The molecule has 0 radical (unpaired) electrons. The van der Waals surface area contributed by atoms with Gasteiger partial charge < -0.3 is 9.80 Å². The van der Waals surface area contributed by atoms with Gasteiger partial charge >= 0.3 is 0 Å². The number of benzene rings is 1. The van der Waals surface area contributed by atoms with E-state index in [9.17, 15) is 8.42 Å². The number of halogens is 1. The highest BCUT2D eigenvalue weighted by Crippen LogP contribution is 2.19. The van der Waals surface area contributed by atoms with Gasteiger partial charge in [0.15, 0.2) is 0 Å². The lowest BCUT2D eigenvalue weighted by molar-refractivity contribution is 0.153. The van der Waals surface area contributed by atoms with Crippen molar-refractivity contribution in [2.75, 3.05) is 46.3 Å². The molecule has 1 fully saturated rings. The Morgan fingerprint density at radius 2 is 1.91 bits per heavy atom. The number of likely N-dealkylation sites (N-methyl/N-ethyl adjacent to an activating group) is 1. The van der Waals surface area contributed by atoms with Crippen LogP contribution in [0.15, 0.2) is 23.1 Å². The van der Waals surface area contributed by atoms with Crippen LogP contribution in [0.4, 0.5) is 0 Å². The van der Waals surface area contributed by atoms with Crippen molar-refractivity contribution in [2.24, 2.45) is 0 Å². The molecule has 2 rings (SSSR count). The number of rotatable bonds is 6. The predicted octanol–water partition coefficient (Wildman–Crippen LogP) is 1.56. The normalized spacial score (nSPS) is 17.8. The summed E-state index contributed by atoms with van der Waals surface area (Å²) in [7, 11) is -1.36. The summed E-state index contributed by atoms with van der Waals surface area (Å²) < 4.78 is 27.3. The van der Waals surface area contributed by atoms with Gasteiger partial charge in [0.25, 0.3) is 0 Å². The van der Waals surface area contributed by atoms with Gasteiger partial charge in [-0.3, -0.25) is 0 Å². The molecule has 0 amide bonds. The first-order valence-corrected chi connectivity index (χ1v) is 9.41. The molecule has 1 N–H and O–H groups in total. The number of nitrogens with one attached hydrogen (secondary N) is 1. The number of aryl methyl sites for hydroxylation is 1. The van der Waals surface area contributed by atoms with E-state index in [0.29, 0.717) is 17.1 Å². The highest BCUT2D eigenvalue weighted by Gasteiger charge is 2.17. The van der Waals surface area contributed by atoms with Gasteiger partial charge in [0.2, 0.25) is 10.0 Å². The molecule has 0 unspecified atom stereocenters. The number of sulfonamides is 1. The van der Waals surface area contributed by atoms with Crippen molar-refractivity contribution in [3.05, 3.63) is 28.8 Å². The fraction of sp³-hybridized carbons (Fsp3) is 0.600. The summed E-state index contributed by atoms with van der Waals surface area (Å²) in [5.41, 5.74) is 0.705. The van der Waals surface area contributed by atoms with E-state index in [1.54, 1.807) is 19.1 Å². The van der Waals surface area contributed by atoms with E-state index in [1.807, 2.05) is 0 Å². The monoisotopic (exact) mass is 345 g/mol. The van der Waals surface area contributed by atoms with E-state index in [-0.39, 0.29) is 4.90 Å². The number of piperazine rings is 1. The zero-order valence-electron chi connectivity index (χ0n) is 13.2. The molecule has 1 aliphatic rings. The van der Waals surface area contributed by atoms with Gasteiger partial charge in [-0.05, 0) is 44.6 Å². The minimum Gasteiger partial charge on any atom is -0.304 e. The molecule has 1 saturated heterocycles. The van der Waals surface area contributed by atoms with Crippen molar-refractivity contribution < 1.29 is 8.42 Å². The standard InChI is InChI=1S/C15H24ClN3O2S/c1-13-4-5-14(16)12-15(13)22(20,21)17-6-3-7-19-10-8-18(2)9-11-19/h4-5,12,17H,3,6-11H2,1-2H3. The molecule has 7 heteroatoms. The summed E-state index contributed by atoms with van der Waals surface area (Å²) in [5.74, 6) is 0. The van der Waals surface area contributed by atoms with Crippen LogP contribution in [0.3, 0.4) is 0 Å². The van der Waals surface area contributed by atoms with Crippen LogP contribution >= 0.6 is 11.6 Å². The van der Waals surface area contributed by atoms with Crippen molar-refractivity contribution in [2.45, 2.75) is 18.2 Å². The van der Waals surface area contributed by atoms with Crippen LogP contribution < -0.4 is 4.72 Å². The van der Waals surface area contributed by atoms with Gasteiger partial charge in [-0.2, -0.15) is 0 Å². The minimum atomic E-state index is -3.49. The van der Waals surface area contributed by atoms with Crippen LogP contribution in [-0.4, -0.2) is 64.5 Å². The molecular weight excluding hydrogens is 322 g/mol. The topological polar surface area (TPSA) is 52.7 Å². The van der Waals surface area contributed by atoms with Gasteiger partial charge in [-0.15, -0.1) is 0 Å². The average molecular weight is 346 g/mol. The zero-order valence-corrected chi connectivity index (χ0v) is 14.8. The van der Waals surface area contributed by atoms with Crippen molar-refractivity contribution >= 4 is 21.6 Å². The smallest absolute Gasteiger partial charge is 0.240 e. The fourth-order valence-corrected chi connectivity index (χ4v) is 4.10. The maximum Gasteiger partial charge on any atom is 0.240 e. The first-order chi connectivity index (χ1) is 10.4. The second kappa shape index (κ2) is 7.75. The first kappa shape index (κ1) is 17.7. The molecule has 1 aromatic rings. The van der Waals surface area contributed by atoms with E-state index < -0.39 is 10.0 Å². The lowest BCUT2D eigenvalue weighted by Gasteiger charge is -2.32. The van der Waals surface area contributed by atoms with Crippen LogP contribution in [0.25, 0.3) is 0 Å². The SMILES string of the molecule is Cc1ccc(Cl)cc1S(=O)(=O)NCCCN1CCN(C)CC1. The van der Waals surface area contributed by atoms with E-state index >= 15 is 0 Å². The molecule has 1 heterocycles. The third kappa shape index (κ3) is 4.93. The van der Waals surface area contributed by atoms with Gasteiger partial charge in [-0.25, -0.2) is 13.1 Å². The largest absolute Gasteiger partial charge is 0.304 e. The Labute approximate surface area is 138 Å². The third-order valence-corrected chi connectivity index (χ3v) is 5.82. The van der Waals surface area contributed by atoms with Crippen LogP contribution in [0, 0.1) is 6.92 Å². The minimum absolute atomic E-state index is 0.264. The molecular formula is C15H24ClN3O2S. The zero-order chi connectivity index (χ0) is 16.2. The van der Waals surface area contributed by atoms with E-state index in [0.717, 1.165) is 39.1 Å². The first-order valence-electron chi connectivity index (χ1n) is 7.55. The van der Waals surface area contributed by atoms with Gasteiger partial charge in [-0.1, -0.05) is 17.7 Å². The molecule has 5 nitrogen and oxygen atoms in total. The summed E-state index contributed by atoms with van der Waals surface area (Å²) in [4.78, 5) is 4.94. The quantitative estimate of drug-likeness (QED) is 0.795. The van der Waals surface area contributed by atoms with Crippen molar-refractivity contribution in [3.63, 3.8) is 0 Å². The van der Waals surface area contributed by atoms with Gasteiger partial charge in [0, 0.05) is 37.7 Å². The fourth-order valence-electron chi connectivity index (χ4n) is 2.52. The third-order valence-electron chi connectivity index (χ3n) is 3.98. The molecule has 1 aromatic carbocycles. The molecule has 0 aromatic heterocycles. The molecule has 0 saturated carbocycles. The van der Waals surface area contributed by atoms with Crippen LogP contribution in [0.2, 0.25) is 5.02 Å². The predicted molar refractivity (Wildman–Crippen MR) is 89.9 cm³/mol. The van der Waals surface area contributed by atoms with Gasteiger partial charge in [0.1, 0.15) is 0 Å². The maximum absolute atomic E-state index is 12.3. The average Bonchev–Trinajstić information content (AvgIpc) is 2.48. The number of nitrogens with zero attached hydrogens (tertiary/aromatic N) is 2. The second-order valence-electron chi connectivity index (χ2n) is 5.81. The van der Waals surface area contributed by atoms with Crippen molar-refractivity contribution in [3.8, 4) is 0 Å². The molecule has 124 valence electrons. The van der Waals surface area contributed by atoms with E-state index in [4.69, 9.17) is 11.6 Å². The maximum atomic E-state index is 12.3. The van der Waals surface area contributed by atoms with Crippen LogP contribution in [0.1, 0.15) is 12.0 Å². The molecule has 1 aliphatic heterocycles. The van der Waals surface area contributed by atoms with E-state index in [1.165, 1.54) is 6.07 Å². The molecule has 0 aliphatic carbocycles. The van der Waals surface area contributed by atoms with Crippen molar-refractivity contribution in [1.29, 1.82) is 0 Å². The summed E-state index contributed by atoms with van der Waals surface area (Å²) >= 11 is 5.89. The number of hydrogen-bond donors (Lipinski definition) is 1. The Bertz CT molecular complexity index is 599. The Morgan fingerprint density at radius 3 is 2.59 bits per heavy atom. The molecule has 0 atom stereocenters. The van der Waals surface area contributed by atoms with Gasteiger partial charge in [0.05, 0.1) is 4.90 Å². The Kier molecular flexibility index (Phi) is 6.23. The van der Waals surface area contributed by atoms with Crippen LogP contribution in [0.5, 0.6) is 0 Å². The van der Waals surface area contributed by atoms with Crippen LogP contribution in [-0.2, 0) is 10.0 Å². The Hall–Kier alpha value is -0.660. The Balaban J connectivity index is 1.82. The lowest BCUT2D eigenvalue weighted by Crippen LogP contribution is -2.45. The summed E-state index contributed by atoms with van der Waals surface area (Å²) in [5, 5.41) is 0.434. The summed E-state index contributed by atoms with van der Waals surface area (Å²) in [6.07, 6.45) is 0.808. The van der Waals surface area contributed by atoms with Crippen molar-refractivity contribution in [1.82, 2.24) is 14.5 Å². The highest BCUT2D eigenvalue weighted by atomic mass is 35.5.